The number of anilines is 1. The molecule has 0 aromatic heterocycles. The lowest BCUT2D eigenvalue weighted by atomic mass is 10.1. The van der Waals surface area contributed by atoms with Crippen molar-refractivity contribution in [2.24, 2.45) is 5.73 Å². The van der Waals surface area contributed by atoms with Gasteiger partial charge in [0.05, 0.1) is 6.42 Å². The van der Waals surface area contributed by atoms with Gasteiger partial charge in [0.2, 0.25) is 5.91 Å². The summed E-state index contributed by atoms with van der Waals surface area (Å²) in [6, 6.07) is 12.4. The van der Waals surface area contributed by atoms with Gasteiger partial charge in [-0.2, -0.15) is 0 Å². The fourth-order valence-electron chi connectivity index (χ4n) is 1.98. The molecule has 2 aromatic carbocycles. The summed E-state index contributed by atoms with van der Waals surface area (Å²) in [5, 5.41) is 3.15. The average molecular weight is 272 g/mol. The van der Waals surface area contributed by atoms with E-state index in [1.165, 1.54) is 6.07 Å². The molecular weight excluding hydrogens is 255 g/mol. The van der Waals surface area contributed by atoms with Crippen LogP contribution in [0.25, 0.3) is 0 Å². The van der Waals surface area contributed by atoms with Gasteiger partial charge >= 0.3 is 0 Å². The number of hydrogen-bond donors (Lipinski definition) is 2. The molecule has 0 saturated carbocycles. The van der Waals surface area contributed by atoms with Crippen LogP contribution in [0.3, 0.4) is 0 Å². The fraction of sp³-hybridized carbons (Fsp3) is 0.188. The van der Waals surface area contributed by atoms with E-state index in [0.29, 0.717) is 12.1 Å². The highest BCUT2D eigenvalue weighted by molar-refractivity contribution is 5.76. The first-order chi connectivity index (χ1) is 9.54. The van der Waals surface area contributed by atoms with Crippen LogP contribution in [0.4, 0.5) is 10.1 Å². The molecule has 0 aliphatic rings. The van der Waals surface area contributed by atoms with Gasteiger partial charge in [-0.25, -0.2) is 4.39 Å². The summed E-state index contributed by atoms with van der Waals surface area (Å²) in [6.07, 6.45) is 0.229. The van der Waals surface area contributed by atoms with E-state index < -0.39 is 0 Å². The van der Waals surface area contributed by atoms with Crippen molar-refractivity contribution in [3.63, 3.8) is 0 Å². The van der Waals surface area contributed by atoms with Crippen LogP contribution in [0, 0.1) is 12.7 Å². The van der Waals surface area contributed by atoms with E-state index in [2.05, 4.69) is 5.32 Å². The van der Waals surface area contributed by atoms with Gasteiger partial charge in [0, 0.05) is 17.8 Å². The molecule has 3 nitrogen and oxygen atoms in total. The van der Waals surface area contributed by atoms with E-state index in [9.17, 15) is 9.18 Å². The quantitative estimate of drug-likeness (QED) is 0.879. The van der Waals surface area contributed by atoms with Crippen molar-refractivity contribution in [2.45, 2.75) is 19.9 Å². The van der Waals surface area contributed by atoms with Crippen LogP contribution in [0.2, 0.25) is 0 Å². The highest BCUT2D eigenvalue weighted by Gasteiger charge is 2.03. The molecule has 0 aliphatic carbocycles. The maximum Gasteiger partial charge on any atom is 0.221 e. The summed E-state index contributed by atoms with van der Waals surface area (Å²) in [7, 11) is 0. The SMILES string of the molecule is Cc1ccc(F)c(CNc2ccc(CC(N)=O)cc2)c1. The van der Waals surface area contributed by atoms with Crippen molar-refractivity contribution in [1.29, 1.82) is 0 Å². The number of carbonyl (C=O) groups excluding carboxylic acids is 1. The Hall–Kier alpha value is -2.36. The van der Waals surface area contributed by atoms with Crippen LogP contribution in [-0.4, -0.2) is 5.91 Å². The third kappa shape index (κ3) is 3.82. The summed E-state index contributed by atoms with van der Waals surface area (Å²) >= 11 is 0. The van der Waals surface area contributed by atoms with E-state index in [1.54, 1.807) is 6.07 Å². The number of nitrogens with one attached hydrogen (secondary N) is 1. The van der Waals surface area contributed by atoms with Gasteiger partial charge in [-0.15, -0.1) is 0 Å². The topological polar surface area (TPSA) is 55.1 Å². The number of primary amides is 1. The standard InChI is InChI=1S/C16H17FN2O/c1-11-2-7-15(17)13(8-11)10-19-14-5-3-12(4-6-14)9-16(18)20/h2-8,19H,9-10H2,1H3,(H2,18,20). The lowest BCUT2D eigenvalue weighted by Gasteiger charge is -2.09. The Morgan fingerprint density at radius 2 is 1.90 bits per heavy atom. The maximum absolute atomic E-state index is 13.6. The van der Waals surface area contributed by atoms with Crippen LogP contribution in [-0.2, 0) is 17.8 Å². The van der Waals surface area contributed by atoms with Crippen LogP contribution < -0.4 is 11.1 Å². The molecule has 0 fully saturated rings. The third-order valence-corrected chi connectivity index (χ3v) is 3.02. The van der Waals surface area contributed by atoms with Gasteiger partial charge < -0.3 is 11.1 Å². The van der Waals surface area contributed by atoms with Crippen molar-refractivity contribution < 1.29 is 9.18 Å². The van der Waals surface area contributed by atoms with Crippen LogP contribution in [0.15, 0.2) is 42.5 Å². The minimum atomic E-state index is -0.354. The molecule has 0 spiro atoms. The van der Waals surface area contributed by atoms with Crippen molar-refractivity contribution in [1.82, 2.24) is 0 Å². The molecular formula is C16H17FN2O. The van der Waals surface area contributed by atoms with Gasteiger partial charge in [0.1, 0.15) is 5.82 Å². The molecule has 0 saturated heterocycles. The Morgan fingerprint density at radius 1 is 1.20 bits per heavy atom. The van der Waals surface area contributed by atoms with Gasteiger partial charge in [-0.05, 0) is 30.7 Å². The Labute approximate surface area is 117 Å². The normalized spacial score (nSPS) is 10.3. The minimum Gasteiger partial charge on any atom is -0.381 e. The summed E-state index contributed by atoms with van der Waals surface area (Å²) in [6.45, 7) is 2.35. The number of benzene rings is 2. The molecule has 0 radical (unpaired) electrons. The zero-order valence-electron chi connectivity index (χ0n) is 11.3. The lowest BCUT2D eigenvalue weighted by Crippen LogP contribution is -2.13. The van der Waals surface area contributed by atoms with Gasteiger partial charge in [-0.3, -0.25) is 4.79 Å². The highest BCUT2D eigenvalue weighted by atomic mass is 19.1. The Bertz CT molecular complexity index is 608. The van der Waals surface area contributed by atoms with E-state index in [1.807, 2.05) is 37.3 Å². The zero-order chi connectivity index (χ0) is 14.5. The number of amides is 1. The van der Waals surface area contributed by atoms with Crippen LogP contribution >= 0.6 is 0 Å². The second-order valence-electron chi connectivity index (χ2n) is 4.79. The van der Waals surface area contributed by atoms with Gasteiger partial charge in [0.25, 0.3) is 0 Å². The second kappa shape index (κ2) is 6.19. The number of halogens is 1. The molecule has 0 atom stereocenters. The van der Waals surface area contributed by atoms with Gasteiger partial charge in [0.15, 0.2) is 0 Å². The molecule has 2 aromatic rings. The van der Waals surface area contributed by atoms with Gasteiger partial charge in [-0.1, -0.05) is 29.8 Å². The van der Waals surface area contributed by atoms with Crippen molar-refractivity contribution in [3.05, 3.63) is 65.0 Å². The van der Waals surface area contributed by atoms with Crippen molar-refractivity contribution >= 4 is 11.6 Å². The van der Waals surface area contributed by atoms with E-state index >= 15 is 0 Å². The molecule has 0 unspecified atom stereocenters. The lowest BCUT2D eigenvalue weighted by molar-refractivity contribution is -0.117. The molecule has 1 amide bonds. The predicted molar refractivity (Wildman–Crippen MR) is 77.8 cm³/mol. The molecule has 20 heavy (non-hydrogen) atoms. The Balaban J connectivity index is 2.00. The number of rotatable bonds is 5. The molecule has 2 rings (SSSR count). The number of carbonyl (C=O) groups is 1. The molecule has 3 N–H and O–H groups in total. The monoisotopic (exact) mass is 272 g/mol. The first-order valence-electron chi connectivity index (χ1n) is 6.41. The summed E-state index contributed by atoms with van der Waals surface area (Å²) in [5.41, 5.74) is 8.53. The summed E-state index contributed by atoms with van der Waals surface area (Å²) in [4.78, 5) is 10.8. The van der Waals surface area contributed by atoms with Crippen LogP contribution in [0.1, 0.15) is 16.7 Å². The molecule has 0 heterocycles. The fourth-order valence-corrected chi connectivity index (χ4v) is 1.98. The first kappa shape index (κ1) is 14.1. The van der Waals surface area contributed by atoms with Crippen molar-refractivity contribution in [2.75, 3.05) is 5.32 Å². The number of nitrogens with two attached hydrogens (primary N) is 1. The van der Waals surface area contributed by atoms with Crippen molar-refractivity contribution in [3.8, 4) is 0 Å². The maximum atomic E-state index is 13.6. The predicted octanol–water partition coefficient (Wildman–Crippen LogP) is 2.77. The average Bonchev–Trinajstić information content (AvgIpc) is 2.41. The second-order valence-corrected chi connectivity index (χ2v) is 4.79. The number of aryl methyl sites for hydroxylation is 1. The van der Waals surface area contributed by atoms with E-state index in [0.717, 1.165) is 16.8 Å². The highest BCUT2D eigenvalue weighted by Crippen LogP contribution is 2.14. The van der Waals surface area contributed by atoms with Crippen LogP contribution in [0.5, 0.6) is 0 Å². The third-order valence-electron chi connectivity index (χ3n) is 3.02. The summed E-state index contributed by atoms with van der Waals surface area (Å²) in [5.74, 6) is -0.569. The first-order valence-corrected chi connectivity index (χ1v) is 6.41. The number of hydrogen-bond acceptors (Lipinski definition) is 2. The molecule has 104 valence electrons. The minimum absolute atomic E-state index is 0.214. The Morgan fingerprint density at radius 3 is 2.55 bits per heavy atom. The van der Waals surface area contributed by atoms with E-state index in [-0.39, 0.29) is 18.1 Å². The molecule has 4 heteroatoms. The zero-order valence-corrected chi connectivity index (χ0v) is 11.3. The van der Waals surface area contributed by atoms with E-state index in [4.69, 9.17) is 5.73 Å². The smallest absolute Gasteiger partial charge is 0.221 e. The Kier molecular flexibility index (Phi) is 4.35. The molecule has 0 aliphatic heterocycles. The largest absolute Gasteiger partial charge is 0.381 e. The summed E-state index contributed by atoms with van der Waals surface area (Å²) < 4.78 is 13.6. The molecule has 0 bridgehead atoms.